The second-order valence-corrected chi connectivity index (χ2v) is 9.79. The van der Waals surface area contributed by atoms with E-state index >= 15 is 0 Å². The second kappa shape index (κ2) is 9.10. The molecule has 0 spiro atoms. The van der Waals surface area contributed by atoms with Crippen molar-refractivity contribution in [3.05, 3.63) is 54.1 Å². The van der Waals surface area contributed by atoms with Crippen molar-refractivity contribution in [1.82, 2.24) is 14.0 Å². The van der Waals surface area contributed by atoms with E-state index in [1.807, 2.05) is 18.2 Å². The zero-order chi connectivity index (χ0) is 21.0. The normalized spacial score (nSPS) is 15.4. The molecule has 0 amide bonds. The maximum Gasteiger partial charge on any atom is 0.240 e. The van der Waals surface area contributed by atoms with Crippen molar-refractivity contribution in [2.24, 2.45) is 0 Å². The minimum absolute atomic E-state index is 0.130. The van der Waals surface area contributed by atoms with Crippen LogP contribution in [0.1, 0.15) is 12.0 Å². The lowest BCUT2D eigenvalue weighted by Crippen LogP contribution is -2.47. The molecule has 9 heteroatoms. The van der Waals surface area contributed by atoms with Crippen molar-refractivity contribution in [2.75, 3.05) is 44.2 Å². The molecular formula is C21H23N5O2S2. The smallest absolute Gasteiger partial charge is 0.240 e. The second-order valence-electron chi connectivity index (χ2n) is 7.22. The third kappa shape index (κ3) is 4.63. The molecule has 156 valence electrons. The molecule has 1 fully saturated rings. The minimum Gasteiger partial charge on any atom is -0.353 e. The number of benzene rings is 2. The van der Waals surface area contributed by atoms with Gasteiger partial charge in [0, 0.05) is 38.1 Å². The predicted molar refractivity (Wildman–Crippen MR) is 119 cm³/mol. The van der Waals surface area contributed by atoms with Gasteiger partial charge in [-0.2, -0.15) is 9.64 Å². The first-order valence-corrected chi connectivity index (χ1v) is 12.1. The SMILES string of the molecule is N#Cc1cccc(S(=O)(=O)NCCCN2CCN(c3nsc4ccccc34)CC2)c1. The largest absolute Gasteiger partial charge is 0.353 e. The van der Waals surface area contributed by atoms with Gasteiger partial charge in [-0.15, -0.1) is 0 Å². The fourth-order valence-corrected chi connectivity index (χ4v) is 5.52. The van der Waals surface area contributed by atoms with E-state index in [2.05, 4.69) is 31.0 Å². The number of piperazine rings is 1. The van der Waals surface area contributed by atoms with Crippen LogP contribution in [0.3, 0.4) is 0 Å². The summed E-state index contributed by atoms with van der Waals surface area (Å²) >= 11 is 1.54. The summed E-state index contributed by atoms with van der Waals surface area (Å²) in [6.45, 7) is 4.91. The van der Waals surface area contributed by atoms with Crippen molar-refractivity contribution >= 4 is 37.5 Å². The number of rotatable bonds is 7. The molecule has 3 aromatic rings. The summed E-state index contributed by atoms with van der Waals surface area (Å²) in [4.78, 5) is 4.82. The van der Waals surface area contributed by atoms with Crippen molar-refractivity contribution < 1.29 is 8.42 Å². The van der Waals surface area contributed by atoms with Crippen LogP contribution in [-0.2, 0) is 10.0 Å². The molecular weight excluding hydrogens is 418 g/mol. The van der Waals surface area contributed by atoms with E-state index < -0.39 is 10.0 Å². The Balaban J connectivity index is 1.24. The van der Waals surface area contributed by atoms with Gasteiger partial charge in [0.2, 0.25) is 10.0 Å². The van der Waals surface area contributed by atoms with E-state index in [0.717, 1.165) is 45.0 Å². The van der Waals surface area contributed by atoms with Crippen LogP contribution in [-0.4, -0.2) is 57.0 Å². The molecule has 0 unspecified atom stereocenters. The molecule has 1 aliphatic heterocycles. The zero-order valence-electron chi connectivity index (χ0n) is 16.5. The summed E-state index contributed by atoms with van der Waals surface area (Å²) < 4.78 is 33.3. The Kier molecular flexibility index (Phi) is 6.29. The van der Waals surface area contributed by atoms with E-state index in [1.54, 1.807) is 12.1 Å². The minimum atomic E-state index is -3.59. The number of nitrogens with one attached hydrogen (secondary N) is 1. The van der Waals surface area contributed by atoms with Crippen molar-refractivity contribution in [3.8, 4) is 6.07 Å². The quantitative estimate of drug-likeness (QED) is 0.567. The molecule has 0 radical (unpaired) electrons. The molecule has 0 bridgehead atoms. The fourth-order valence-electron chi connectivity index (χ4n) is 3.61. The molecule has 7 nitrogen and oxygen atoms in total. The molecule has 4 rings (SSSR count). The topological polar surface area (TPSA) is 89.3 Å². The molecule has 1 aliphatic rings. The lowest BCUT2D eigenvalue weighted by atomic mass is 10.2. The lowest BCUT2D eigenvalue weighted by Gasteiger charge is -2.35. The van der Waals surface area contributed by atoms with Gasteiger partial charge in [-0.05, 0) is 54.8 Å². The zero-order valence-corrected chi connectivity index (χ0v) is 18.1. The summed E-state index contributed by atoms with van der Waals surface area (Å²) in [7, 11) is -3.59. The van der Waals surface area contributed by atoms with Gasteiger partial charge in [-0.1, -0.05) is 18.2 Å². The summed E-state index contributed by atoms with van der Waals surface area (Å²) in [5.74, 6) is 1.07. The number of fused-ring (bicyclic) bond motifs is 1. The van der Waals surface area contributed by atoms with Crippen LogP contribution in [0, 0.1) is 11.3 Å². The standard InChI is InChI=1S/C21H23N5O2S2/c22-16-17-5-3-6-18(15-17)30(27,28)23-9-4-10-25-11-13-26(14-12-25)21-19-7-1-2-8-20(19)29-24-21/h1-3,5-8,15,23H,4,9-14H2. The van der Waals surface area contributed by atoms with Gasteiger partial charge in [0.1, 0.15) is 5.82 Å². The molecule has 0 atom stereocenters. The fraction of sp³-hybridized carbons (Fsp3) is 0.333. The van der Waals surface area contributed by atoms with Crippen LogP contribution < -0.4 is 9.62 Å². The Morgan fingerprint density at radius 3 is 2.70 bits per heavy atom. The Bertz CT molecular complexity index is 1160. The Morgan fingerprint density at radius 1 is 1.10 bits per heavy atom. The van der Waals surface area contributed by atoms with Crippen molar-refractivity contribution in [1.29, 1.82) is 5.26 Å². The maximum atomic E-state index is 12.4. The molecule has 2 aromatic carbocycles. The highest BCUT2D eigenvalue weighted by Gasteiger charge is 2.20. The van der Waals surface area contributed by atoms with E-state index in [9.17, 15) is 8.42 Å². The molecule has 1 N–H and O–H groups in total. The van der Waals surface area contributed by atoms with Gasteiger partial charge in [-0.3, -0.25) is 4.90 Å². The van der Waals surface area contributed by atoms with E-state index in [1.165, 1.54) is 33.8 Å². The number of anilines is 1. The molecule has 1 aromatic heterocycles. The lowest BCUT2D eigenvalue weighted by molar-refractivity contribution is 0.255. The number of hydrogen-bond acceptors (Lipinski definition) is 7. The van der Waals surface area contributed by atoms with Crippen LogP contribution in [0.2, 0.25) is 0 Å². The van der Waals surface area contributed by atoms with Crippen LogP contribution in [0.5, 0.6) is 0 Å². The first kappa shape index (κ1) is 20.8. The number of nitriles is 1. The van der Waals surface area contributed by atoms with Crippen LogP contribution in [0.4, 0.5) is 5.82 Å². The summed E-state index contributed by atoms with van der Waals surface area (Å²) in [6.07, 6.45) is 0.733. The van der Waals surface area contributed by atoms with Gasteiger partial charge in [-0.25, -0.2) is 13.1 Å². The number of aromatic nitrogens is 1. The van der Waals surface area contributed by atoms with E-state index in [-0.39, 0.29) is 4.90 Å². The monoisotopic (exact) mass is 441 g/mol. The third-order valence-corrected chi connectivity index (χ3v) is 7.52. The van der Waals surface area contributed by atoms with Crippen molar-refractivity contribution in [2.45, 2.75) is 11.3 Å². The Morgan fingerprint density at radius 2 is 1.90 bits per heavy atom. The average molecular weight is 442 g/mol. The first-order valence-electron chi connectivity index (χ1n) is 9.88. The summed E-state index contributed by atoms with van der Waals surface area (Å²) in [5.41, 5.74) is 0.337. The highest BCUT2D eigenvalue weighted by Crippen LogP contribution is 2.29. The van der Waals surface area contributed by atoms with E-state index in [0.29, 0.717) is 12.1 Å². The van der Waals surface area contributed by atoms with Crippen LogP contribution in [0.25, 0.3) is 10.1 Å². The number of hydrogen-bond donors (Lipinski definition) is 1. The average Bonchev–Trinajstić information content (AvgIpc) is 3.21. The number of sulfonamides is 1. The Labute approximate surface area is 180 Å². The molecule has 1 saturated heterocycles. The Hall–Kier alpha value is -2.51. The van der Waals surface area contributed by atoms with Gasteiger partial charge >= 0.3 is 0 Å². The summed E-state index contributed by atoms with van der Waals surface area (Å²) in [5, 5.41) is 10.2. The van der Waals surface area contributed by atoms with Crippen molar-refractivity contribution in [3.63, 3.8) is 0 Å². The first-order chi connectivity index (χ1) is 14.6. The van der Waals surface area contributed by atoms with Crippen LogP contribution in [0.15, 0.2) is 53.4 Å². The molecule has 0 aliphatic carbocycles. The van der Waals surface area contributed by atoms with Gasteiger partial charge < -0.3 is 4.90 Å². The van der Waals surface area contributed by atoms with Gasteiger partial charge in [0.15, 0.2) is 0 Å². The van der Waals surface area contributed by atoms with Gasteiger partial charge in [0.05, 0.1) is 21.2 Å². The van der Waals surface area contributed by atoms with E-state index in [4.69, 9.17) is 5.26 Å². The molecule has 30 heavy (non-hydrogen) atoms. The number of nitrogens with zero attached hydrogens (tertiary/aromatic N) is 4. The molecule has 2 heterocycles. The predicted octanol–water partition coefficient (Wildman–Crippen LogP) is 2.66. The molecule has 0 saturated carbocycles. The third-order valence-electron chi connectivity index (χ3n) is 5.25. The van der Waals surface area contributed by atoms with Crippen LogP contribution >= 0.6 is 11.5 Å². The highest BCUT2D eigenvalue weighted by atomic mass is 32.2. The summed E-state index contributed by atoms with van der Waals surface area (Å²) in [6, 6.07) is 16.3. The van der Waals surface area contributed by atoms with Gasteiger partial charge in [0.25, 0.3) is 0 Å². The highest BCUT2D eigenvalue weighted by molar-refractivity contribution is 7.89. The maximum absolute atomic E-state index is 12.4.